The molecule has 0 aliphatic carbocycles. The molecule has 3 rings (SSSR count). The molecule has 0 amide bonds. The predicted octanol–water partition coefficient (Wildman–Crippen LogP) is 3.09. The minimum absolute atomic E-state index is 0.0985. The molecule has 0 radical (unpaired) electrons. The van der Waals surface area contributed by atoms with Crippen molar-refractivity contribution in [1.29, 1.82) is 0 Å². The summed E-state index contributed by atoms with van der Waals surface area (Å²) < 4.78 is 21.3. The first kappa shape index (κ1) is 15.0. The molecule has 2 heterocycles. The molecular weight excluding hydrogens is 281 g/mol. The van der Waals surface area contributed by atoms with Gasteiger partial charge in [0.05, 0.1) is 5.69 Å². The largest absolute Gasteiger partial charge is 0.487 e. The van der Waals surface area contributed by atoms with E-state index in [-0.39, 0.29) is 11.9 Å². The zero-order chi connectivity index (χ0) is 15.4. The van der Waals surface area contributed by atoms with E-state index in [1.807, 2.05) is 10.9 Å². The number of benzene rings is 1. The van der Waals surface area contributed by atoms with E-state index in [2.05, 4.69) is 23.0 Å². The normalized spacial score (nSPS) is 16.8. The van der Waals surface area contributed by atoms with E-state index in [0.29, 0.717) is 5.75 Å². The molecule has 2 aromatic rings. The van der Waals surface area contributed by atoms with Gasteiger partial charge >= 0.3 is 0 Å². The Bertz CT molecular complexity index is 605. The lowest BCUT2D eigenvalue weighted by molar-refractivity contribution is 0.0928. The molecule has 22 heavy (non-hydrogen) atoms. The molecular formula is C17H22FN3O. The van der Waals surface area contributed by atoms with Gasteiger partial charge < -0.3 is 4.74 Å². The number of aryl methyl sites for hydroxylation is 1. The van der Waals surface area contributed by atoms with Crippen LogP contribution in [0.15, 0.2) is 36.5 Å². The van der Waals surface area contributed by atoms with Gasteiger partial charge in [-0.15, -0.1) is 0 Å². The highest BCUT2D eigenvalue weighted by Gasteiger charge is 2.21. The summed E-state index contributed by atoms with van der Waals surface area (Å²) >= 11 is 0. The van der Waals surface area contributed by atoms with Gasteiger partial charge in [-0.3, -0.25) is 9.58 Å². The van der Waals surface area contributed by atoms with Gasteiger partial charge in [-0.1, -0.05) is 12.1 Å². The van der Waals surface area contributed by atoms with E-state index in [1.165, 1.54) is 6.07 Å². The molecule has 1 aliphatic heterocycles. The van der Waals surface area contributed by atoms with Crippen molar-refractivity contribution in [3.8, 4) is 5.75 Å². The Morgan fingerprint density at radius 3 is 2.68 bits per heavy atom. The Balaban J connectivity index is 1.49. The Morgan fingerprint density at radius 2 is 2.00 bits per heavy atom. The fourth-order valence-electron chi connectivity index (χ4n) is 2.80. The highest BCUT2D eigenvalue weighted by atomic mass is 19.1. The van der Waals surface area contributed by atoms with Crippen LogP contribution in [0.3, 0.4) is 0 Å². The molecule has 0 atom stereocenters. The van der Waals surface area contributed by atoms with E-state index >= 15 is 0 Å². The van der Waals surface area contributed by atoms with Crippen molar-refractivity contribution in [3.05, 3.63) is 48.0 Å². The minimum atomic E-state index is -0.282. The van der Waals surface area contributed by atoms with Crippen LogP contribution in [0.4, 0.5) is 4.39 Å². The van der Waals surface area contributed by atoms with Gasteiger partial charge in [-0.25, -0.2) is 4.39 Å². The third-order valence-electron chi connectivity index (χ3n) is 4.07. The van der Waals surface area contributed by atoms with E-state index in [9.17, 15) is 4.39 Å². The molecule has 5 heteroatoms. The monoisotopic (exact) mass is 303 g/mol. The lowest BCUT2D eigenvalue weighted by atomic mass is 10.1. The summed E-state index contributed by atoms with van der Waals surface area (Å²) in [6.45, 7) is 5.77. The zero-order valence-corrected chi connectivity index (χ0v) is 12.9. The number of piperidine rings is 1. The molecule has 1 aliphatic rings. The maximum atomic E-state index is 13.6. The summed E-state index contributed by atoms with van der Waals surface area (Å²) in [7, 11) is 0. The van der Waals surface area contributed by atoms with Crippen LogP contribution in [-0.2, 0) is 13.1 Å². The first-order valence-electron chi connectivity index (χ1n) is 7.90. The Kier molecular flexibility index (Phi) is 4.73. The molecule has 0 unspecified atom stereocenters. The lowest BCUT2D eigenvalue weighted by Crippen LogP contribution is -2.38. The van der Waals surface area contributed by atoms with Gasteiger partial charge in [0.15, 0.2) is 11.6 Å². The maximum Gasteiger partial charge on any atom is 0.165 e. The number of para-hydroxylation sites is 1. The van der Waals surface area contributed by atoms with Crippen molar-refractivity contribution >= 4 is 0 Å². The van der Waals surface area contributed by atoms with Crippen LogP contribution < -0.4 is 4.74 Å². The first-order valence-corrected chi connectivity index (χ1v) is 7.90. The van der Waals surface area contributed by atoms with Gasteiger partial charge in [0.2, 0.25) is 0 Å². The van der Waals surface area contributed by atoms with Crippen molar-refractivity contribution in [3.63, 3.8) is 0 Å². The Labute approximate surface area is 130 Å². The minimum Gasteiger partial charge on any atom is -0.487 e. The number of aromatic nitrogens is 2. The molecule has 1 saturated heterocycles. The number of rotatable bonds is 5. The fraction of sp³-hybridized carbons (Fsp3) is 0.471. The summed E-state index contributed by atoms with van der Waals surface area (Å²) in [4.78, 5) is 2.38. The average molecular weight is 303 g/mol. The number of likely N-dealkylation sites (tertiary alicyclic amines) is 1. The molecule has 1 aromatic carbocycles. The third-order valence-corrected chi connectivity index (χ3v) is 4.07. The quantitative estimate of drug-likeness (QED) is 0.850. The summed E-state index contributed by atoms with van der Waals surface area (Å²) in [6.07, 6.45) is 3.95. The highest BCUT2D eigenvalue weighted by molar-refractivity contribution is 5.23. The summed E-state index contributed by atoms with van der Waals surface area (Å²) in [6, 6.07) is 8.69. The van der Waals surface area contributed by atoms with E-state index in [0.717, 1.165) is 44.7 Å². The molecule has 0 saturated carbocycles. The van der Waals surface area contributed by atoms with Crippen LogP contribution >= 0.6 is 0 Å². The van der Waals surface area contributed by atoms with Crippen LogP contribution in [0.25, 0.3) is 0 Å². The third kappa shape index (κ3) is 3.65. The smallest absolute Gasteiger partial charge is 0.165 e. The molecule has 0 bridgehead atoms. The van der Waals surface area contributed by atoms with Crippen molar-refractivity contribution in [2.24, 2.45) is 0 Å². The second kappa shape index (κ2) is 6.92. The summed E-state index contributed by atoms with van der Waals surface area (Å²) in [5.74, 6) is 0.0812. The van der Waals surface area contributed by atoms with Gasteiger partial charge in [0, 0.05) is 32.4 Å². The average Bonchev–Trinajstić information content (AvgIpc) is 2.99. The molecule has 0 spiro atoms. The summed E-state index contributed by atoms with van der Waals surface area (Å²) in [5, 5.41) is 4.52. The van der Waals surface area contributed by atoms with E-state index < -0.39 is 0 Å². The number of hydrogen-bond donors (Lipinski definition) is 0. The van der Waals surface area contributed by atoms with Crippen molar-refractivity contribution in [2.45, 2.75) is 39.0 Å². The van der Waals surface area contributed by atoms with Crippen LogP contribution in [-0.4, -0.2) is 33.9 Å². The number of hydrogen-bond acceptors (Lipinski definition) is 3. The standard InChI is InChI=1S/C17H22FN3O/c1-2-21-12-7-14(19-21)13-20-10-8-15(9-11-20)22-17-6-4-3-5-16(17)18/h3-7,12,15H,2,8-11,13H2,1H3. The number of ether oxygens (including phenoxy) is 1. The second-order valence-corrected chi connectivity index (χ2v) is 5.69. The van der Waals surface area contributed by atoms with Gasteiger partial charge in [-0.2, -0.15) is 5.10 Å². The maximum absolute atomic E-state index is 13.6. The van der Waals surface area contributed by atoms with Gasteiger partial charge in [-0.05, 0) is 38.0 Å². The SMILES string of the molecule is CCn1ccc(CN2CCC(Oc3ccccc3F)CC2)n1. The molecule has 118 valence electrons. The first-order chi connectivity index (χ1) is 10.7. The van der Waals surface area contributed by atoms with Crippen LogP contribution in [0, 0.1) is 5.82 Å². The second-order valence-electron chi connectivity index (χ2n) is 5.69. The van der Waals surface area contributed by atoms with Gasteiger partial charge in [0.1, 0.15) is 6.10 Å². The van der Waals surface area contributed by atoms with E-state index in [4.69, 9.17) is 4.74 Å². The van der Waals surface area contributed by atoms with Crippen LogP contribution in [0.2, 0.25) is 0 Å². The fourth-order valence-corrected chi connectivity index (χ4v) is 2.80. The predicted molar refractivity (Wildman–Crippen MR) is 83.2 cm³/mol. The molecule has 4 nitrogen and oxygen atoms in total. The van der Waals surface area contributed by atoms with E-state index in [1.54, 1.807) is 18.2 Å². The molecule has 1 fully saturated rings. The molecule has 0 N–H and O–H groups in total. The summed E-state index contributed by atoms with van der Waals surface area (Å²) in [5.41, 5.74) is 1.11. The van der Waals surface area contributed by atoms with Gasteiger partial charge in [0.25, 0.3) is 0 Å². The van der Waals surface area contributed by atoms with Crippen molar-refractivity contribution in [2.75, 3.05) is 13.1 Å². The zero-order valence-electron chi connectivity index (χ0n) is 12.9. The highest BCUT2D eigenvalue weighted by Crippen LogP contribution is 2.22. The number of nitrogens with zero attached hydrogens (tertiary/aromatic N) is 3. The Hall–Kier alpha value is -1.88. The lowest BCUT2D eigenvalue weighted by Gasteiger charge is -2.31. The van der Waals surface area contributed by atoms with Crippen molar-refractivity contribution in [1.82, 2.24) is 14.7 Å². The van der Waals surface area contributed by atoms with Crippen LogP contribution in [0.5, 0.6) is 5.75 Å². The Morgan fingerprint density at radius 1 is 1.23 bits per heavy atom. The van der Waals surface area contributed by atoms with Crippen LogP contribution in [0.1, 0.15) is 25.5 Å². The molecule has 1 aromatic heterocycles. The topological polar surface area (TPSA) is 30.3 Å². The van der Waals surface area contributed by atoms with Crippen molar-refractivity contribution < 1.29 is 9.13 Å². The number of halogens is 1.